The molecule has 0 aliphatic carbocycles. The molecule has 0 bridgehead atoms. The average Bonchev–Trinajstić information content (AvgIpc) is 2.32. The molecule has 0 saturated carbocycles. The molecule has 0 radical (unpaired) electrons. The highest BCUT2D eigenvalue weighted by molar-refractivity contribution is 5.93. The fourth-order valence-electron chi connectivity index (χ4n) is 1.22. The SMILES string of the molecule is NCCCNC(=O)Nc1cc(C(=O)O)ccc1F. The number of carboxylic acids is 1. The summed E-state index contributed by atoms with van der Waals surface area (Å²) in [7, 11) is 0. The van der Waals surface area contributed by atoms with Gasteiger partial charge in [-0.25, -0.2) is 14.0 Å². The minimum Gasteiger partial charge on any atom is -0.478 e. The Morgan fingerprint density at radius 2 is 2.11 bits per heavy atom. The van der Waals surface area contributed by atoms with E-state index in [0.29, 0.717) is 19.5 Å². The number of anilines is 1. The summed E-state index contributed by atoms with van der Waals surface area (Å²) in [6.45, 7) is 0.797. The van der Waals surface area contributed by atoms with Gasteiger partial charge in [-0.1, -0.05) is 0 Å². The van der Waals surface area contributed by atoms with Gasteiger partial charge in [0, 0.05) is 6.54 Å². The minimum absolute atomic E-state index is 0.103. The van der Waals surface area contributed by atoms with Crippen molar-refractivity contribution < 1.29 is 19.1 Å². The second-order valence-electron chi connectivity index (χ2n) is 3.52. The topological polar surface area (TPSA) is 104 Å². The molecule has 1 aromatic carbocycles. The first-order chi connectivity index (χ1) is 8.54. The van der Waals surface area contributed by atoms with E-state index in [0.717, 1.165) is 18.2 Å². The molecule has 0 fully saturated rings. The number of nitrogens with one attached hydrogen (secondary N) is 2. The lowest BCUT2D eigenvalue weighted by Crippen LogP contribution is -2.30. The van der Waals surface area contributed by atoms with Gasteiger partial charge < -0.3 is 21.5 Å². The van der Waals surface area contributed by atoms with E-state index < -0.39 is 17.8 Å². The fraction of sp³-hybridized carbons (Fsp3) is 0.273. The largest absolute Gasteiger partial charge is 0.478 e. The van der Waals surface area contributed by atoms with E-state index in [1.807, 2.05) is 0 Å². The Morgan fingerprint density at radius 1 is 1.39 bits per heavy atom. The van der Waals surface area contributed by atoms with Crippen LogP contribution in [0.4, 0.5) is 14.9 Å². The number of aromatic carboxylic acids is 1. The molecule has 0 atom stereocenters. The third-order valence-corrected chi connectivity index (χ3v) is 2.13. The Balaban J connectivity index is 2.68. The molecule has 1 aromatic rings. The van der Waals surface area contributed by atoms with Gasteiger partial charge >= 0.3 is 12.0 Å². The molecular formula is C11H14FN3O3. The number of hydrogen-bond donors (Lipinski definition) is 4. The van der Waals surface area contributed by atoms with E-state index in [2.05, 4.69) is 10.6 Å². The summed E-state index contributed by atoms with van der Waals surface area (Å²) in [6, 6.07) is 2.55. The van der Waals surface area contributed by atoms with Crippen LogP contribution in [0.2, 0.25) is 0 Å². The third kappa shape index (κ3) is 4.02. The first-order valence-corrected chi connectivity index (χ1v) is 5.32. The lowest BCUT2D eigenvalue weighted by atomic mass is 10.2. The Hall–Kier alpha value is -2.15. The molecule has 0 unspecified atom stereocenters. The highest BCUT2D eigenvalue weighted by atomic mass is 19.1. The highest BCUT2D eigenvalue weighted by Gasteiger charge is 2.10. The van der Waals surface area contributed by atoms with E-state index in [1.165, 1.54) is 0 Å². The molecule has 18 heavy (non-hydrogen) atoms. The van der Waals surface area contributed by atoms with Crippen molar-refractivity contribution in [3.8, 4) is 0 Å². The number of benzene rings is 1. The van der Waals surface area contributed by atoms with Crippen molar-refractivity contribution in [1.29, 1.82) is 0 Å². The van der Waals surface area contributed by atoms with E-state index in [-0.39, 0.29) is 11.3 Å². The van der Waals surface area contributed by atoms with Gasteiger partial charge in [-0.05, 0) is 31.2 Å². The molecule has 2 amide bonds. The van der Waals surface area contributed by atoms with Gasteiger partial charge in [-0.15, -0.1) is 0 Å². The van der Waals surface area contributed by atoms with E-state index in [4.69, 9.17) is 10.8 Å². The predicted molar refractivity (Wildman–Crippen MR) is 64.1 cm³/mol. The zero-order valence-electron chi connectivity index (χ0n) is 9.57. The molecule has 0 aliphatic heterocycles. The van der Waals surface area contributed by atoms with Crippen LogP contribution in [0, 0.1) is 5.82 Å². The number of carboxylic acid groups (broad SMARTS) is 1. The molecule has 0 aliphatic rings. The average molecular weight is 255 g/mol. The van der Waals surface area contributed by atoms with Crippen LogP contribution in [0.5, 0.6) is 0 Å². The van der Waals surface area contributed by atoms with Crippen LogP contribution in [0.1, 0.15) is 16.8 Å². The van der Waals surface area contributed by atoms with Crippen molar-refractivity contribution in [3.63, 3.8) is 0 Å². The van der Waals surface area contributed by atoms with Gasteiger partial charge in [0.1, 0.15) is 5.82 Å². The van der Waals surface area contributed by atoms with Crippen LogP contribution >= 0.6 is 0 Å². The number of amides is 2. The first kappa shape index (κ1) is 13.9. The molecule has 0 saturated heterocycles. The molecule has 0 heterocycles. The maximum atomic E-state index is 13.3. The van der Waals surface area contributed by atoms with Gasteiger partial charge in [0.2, 0.25) is 0 Å². The van der Waals surface area contributed by atoms with Crippen molar-refractivity contribution in [3.05, 3.63) is 29.6 Å². The normalized spacial score (nSPS) is 9.89. The molecule has 98 valence electrons. The number of urea groups is 1. The number of carbonyl (C=O) groups excluding carboxylic acids is 1. The summed E-state index contributed by atoms with van der Waals surface area (Å²) in [5.74, 6) is -1.89. The summed E-state index contributed by atoms with van der Waals surface area (Å²) in [5.41, 5.74) is 4.96. The summed E-state index contributed by atoms with van der Waals surface area (Å²) < 4.78 is 13.3. The lowest BCUT2D eigenvalue weighted by Gasteiger charge is -2.08. The Kier molecular flexibility index (Phi) is 5.06. The Morgan fingerprint density at radius 3 is 2.72 bits per heavy atom. The number of halogens is 1. The summed E-state index contributed by atoms with van der Waals surface area (Å²) in [6.07, 6.45) is 0.602. The highest BCUT2D eigenvalue weighted by Crippen LogP contribution is 2.16. The van der Waals surface area contributed by atoms with Crippen molar-refractivity contribution in [2.75, 3.05) is 18.4 Å². The van der Waals surface area contributed by atoms with Crippen molar-refractivity contribution in [2.45, 2.75) is 6.42 Å². The molecular weight excluding hydrogens is 241 g/mol. The number of hydrogen-bond acceptors (Lipinski definition) is 3. The maximum Gasteiger partial charge on any atom is 0.335 e. The molecule has 0 spiro atoms. The monoisotopic (exact) mass is 255 g/mol. The number of rotatable bonds is 5. The first-order valence-electron chi connectivity index (χ1n) is 5.32. The van der Waals surface area contributed by atoms with E-state index in [1.54, 1.807) is 0 Å². The maximum absolute atomic E-state index is 13.3. The zero-order valence-corrected chi connectivity index (χ0v) is 9.57. The van der Waals surface area contributed by atoms with Crippen LogP contribution in [-0.2, 0) is 0 Å². The predicted octanol–water partition coefficient (Wildman–Crippen LogP) is 0.994. The van der Waals surface area contributed by atoms with Gasteiger partial charge in [-0.3, -0.25) is 0 Å². The molecule has 6 nitrogen and oxygen atoms in total. The van der Waals surface area contributed by atoms with Gasteiger partial charge in [0.05, 0.1) is 11.3 Å². The van der Waals surface area contributed by atoms with Gasteiger partial charge in [-0.2, -0.15) is 0 Å². The quantitative estimate of drug-likeness (QED) is 0.589. The molecule has 7 heteroatoms. The van der Waals surface area contributed by atoms with Gasteiger partial charge in [0.15, 0.2) is 0 Å². The lowest BCUT2D eigenvalue weighted by molar-refractivity contribution is 0.0697. The summed E-state index contributed by atoms with van der Waals surface area (Å²) in [5, 5.41) is 13.4. The van der Waals surface area contributed by atoms with Crippen LogP contribution in [-0.4, -0.2) is 30.2 Å². The third-order valence-electron chi connectivity index (χ3n) is 2.13. The second kappa shape index (κ2) is 6.55. The molecule has 1 rings (SSSR count). The molecule has 5 N–H and O–H groups in total. The Bertz CT molecular complexity index is 451. The van der Waals surface area contributed by atoms with Gasteiger partial charge in [0.25, 0.3) is 0 Å². The van der Waals surface area contributed by atoms with Crippen LogP contribution in [0.3, 0.4) is 0 Å². The summed E-state index contributed by atoms with van der Waals surface area (Å²) in [4.78, 5) is 22.0. The second-order valence-corrected chi connectivity index (χ2v) is 3.52. The van der Waals surface area contributed by atoms with Crippen LogP contribution < -0.4 is 16.4 Å². The Labute approximate surface area is 103 Å². The van der Waals surface area contributed by atoms with Crippen molar-refractivity contribution >= 4 is 17.7 Å². The number of nitrogens with two attached hydrogens (primary N) is 1. The van der Waals surface area contributed by atoms with Crippen molar-refractivity contribution in [1.82, 2.24) is 5.32 Å². The zero-order chi connectivity index (χ0) is 13.5. The number of carbonyl (C=O) groups is 2. The standard InChI is InChI=1S/C11H14FN3O3/c12-8-3-2-7(10(16)17)6-9(8)15-11(18)14-5-1-4-13/h2-3,6H,1,4-5,13H2,(H,16,17)(H2,14,15,18). The molecule has 0 aromatic heterocycles. The van der Waals surface area contributed by atoms with Crippen LogP contribution in [0.25, 0.3) is 0 Å². The summed E-state index contributed by atoms with van der Waals surface area (Å²) >= 11 is 0. The van der Waals surface area contributed by atoms with Crippen molar-refractivity contribution in [2.24, 2.45) is 5.73 Å². The smallest absolute Gasteiger partial charge is 0.335 e. The fourth-order valence-corrected chi connectivity index (χ4v) is 1.22. The van der Waals surface area contributed by atoms with E-state index in [9.17, 15) is 14.0 Å². The van der Waals surface area contributed by atoms with Crippen LogP contribution in [0.15, 0.2) is 18.2 Å². The minimum atomic E-state index is -1.19. The van der Waals surface area contributed by atoms with E-state index >= 15 is 0 Å².